The molecule has 0 aliphatic carbocycles. The van der Waals surface area contributed by atoms with Crippen LogP contribution in [0.4, 0.5) is 0 Å². The van der Waals surface area contributed by atoms with Crippen LogP contribution in [0.1, 0.15) is 6.92 Å². The fourth-order valence-corrected chi connectivity index (χ4v) is 0. The van der Waals surface area contributed by atoms with E-state index < -0.39 is 0 Å². The highest BCUT2D eigenvalue weighted by molar-refractivity contribution is 9.11. The van der Waals surface area contributed by atoms with E-state index in [0.29, 0.717) is 0 Å². The summed E-state index contributed by atoms with van der Waals surface area (Å²) in [6.45, 7) is 5.41. The van der Waals surface area contributed by atoms with E-state index in [1.807, 2.05) is 6.92 Å². The Morgan fingerprint density at radius 1 is 2.00 bits per heavy atom. The van der Waals surface area contributed by atoms with Crippen LogP contribution in [0.15, 0.2) is 10.6 Å². The first-order valence-corrected chi connectivity index (χ1v) is 2.18. The van der Waals surface area contributed by atoms with Gasteiger partial charge in [-0.05, 0) is 18.3 Å². The van der Waals surface area contributed by atoms with Crippen LogP contribution in [0.5, 0.6) is 0 Å². The molecule has 0 aromatic rings. The largest absolute Gasteiger partial charge is 0.0743 e. The van der Waals surface area contributed by atoms with Crippen LogP contribution in [0, 0.1) is 6.92 Å². The number of hydrogen-bond acceptors (Lipinski definition) is 0. The van der Waals surface area contributed by atoms with Crippen molar-refractivity contribution in [1.29, 1.82) is 0 Å². The predicted octanol–water partition coefficient (Wildman–Crippen LogP) is 2.12. The molecule has 0 aromatic heterocycles. The molecule has 0 amide bonds. The quantitative estimate of drug-likeness (QED) is 0.476. The Hall–Kier alpha value is 0.220. The van der Waals surface area contributed by atoms with Crippen LogP contribution in [0.2, 0.25) is 0 Å². The Kier molecular flexibility index (Phi) is 2.57. The van der Waals surface area contributed by atoms with Gasteiger partial charge in [0.1, 0.15) is 0 Å². The Morgan fingerprint density at radius 3 is 2.20 bits per heavy atom. The standard InChI is InChI=1S/C4H6Br/c1-3-4(2)5/h3H,1H2,2H3. The Morgan fingerprint density at radius 2 is 2.20 bits per heavy atom. The van der Waals surface area contributed by atoms with Gasteiger partial charge in [-0.25, -0.2) is 0 Å². The third-order valence-corrected chi connectivity index (χ3v) is 0.605. The summed E-state index contributed by atoms with van der Waals surface area (Å²) in [5.74, 6) is 0. The maximum absolute atomic E-state index is 3.48. The lowest BCUT2D eigenvalue weighted by Crippen LogP contribution is -1.44. The van der Waals surface area contributed by atoms with Gasteiger partial charge in [0.2, 0.25) is 0 Å². The molecule has 0 N–H and O–H groups in total. The normalized spacial score (nSPS) is 12.2. The zero-order valence-corrected chi connectivity index (χ0v) is 4.75. The van der Waals surface area contributed by atoms with E-state index in [0.717, 1.165) is 4.48 Å². The molecular weight excluding hydrogens is 128 g/mol. The Balaban J connectivity index is 3.14. The summed E-state index contributed by atoms with van der Waals surface area (Å²) in [7, 11) is 0. The molecule has 0 saturated heterocycles. The van der Waals surface area contributed by atoms with Crippen LogP contribution in [-0.2, 0) is 0 Å². The van der Waals surface area contributed by atoms with Crippen LogP contribution in [-0.4, -0.2) is 0 Å². The molecule has 29 valence electrons. The number of rotatable bonds is 0. The molecule has 0 aliphatic heterocycles. The minimum Gasteiger partial charge on any atom is -0.0743 e. The first kappa shape index (κ1) is 5.22. The van der Waals surface area contributed by atoms with Crippen molar-refractivity contribution in [2.75, 3.05) is 0 Å². The Bertz CT molecular complexity index is 41.6. The fraction of sp³-hybridized carbons (Fsp3) is 0.250. The highest BCUT2D eigenvalue weighted by atomic mass is 79.9. The SMILES string of the molecule is [CH2]C=C(C)Br. The van der Waals surface area contributed by atoms with E-state index >= 15 is 0 Å². The highest BCUT2D eigenvalue weighted by Crippen LogP contribution is 1.98. The van der Waals surface area contributed by atoms with Crippen molar-refractivity contribution in [2.45, 2.75) is 6.92 Å². The topological polar surface area (TPSA) is 0 Å². The van der Waals surface area contributed by atoms with Gasteiger partial charge in [-0.2, -0.15) is 0 Å². The van der Waals surface area contributed by atoms with Gasteiger partial charge in [0.05, 0.1) is 0 Å². The van der Waals surface area contributed by atoms with Crippen LogP contribution < -0.4 is 0 Å². The average molecular weight is 134 g/mol. The molecule has 0 atom stereocenters. The van der Waals surface area contributed by atoms with Gasteiger partial charge in [-0.1, -0.05) is 22.0 Å². The van der Waals surface area contributed by atoms with E-state index in [4.69, 9.17) is 0 Å². The van der Waals surface area contributed by atoms with Crippen LogP contribution >= 0.6 is 15.9 Å². The van der Waals surface area contributed by atoms with Gasteiger partial charge < -0.3 is 0 Å². The molecule has 1 heteroatoms. The van der Waals surface area contributed by atoms with Gasteiger partial charge in [0, 0.05) is 0 Å². The van der Waals surface area contributed by atoms with Crippen molar-refractivity contribution in [3.63, 3.8) is 0 Å². The lowest BCUT2D eigenvalue weighted by molar-refractivity contribution is 1.70. The van der Waals surface area contributed by atoms with Crippen molar-refractivity contribution in [2.24, 2.45) is 0 Å². The van der Waals surface area contributed by atoms with Crippen molar-refractivity contribution < 1.29 is 0 Å². The summed E-state index contributed by atoms with van der Waals surface area (Å²) in [5.41, 5.74) is 0. The molecule has 0 aromatic carbocycles. The predicted molar refractivity (Wildman–Crippen MR) is 28.0 cm³/mol. The molecule has 0 nitrogen and oxygen atoms in total. The minimum absolute atomic E-state index is 1.08. The highest BCUT2D eigenvalue weighted by Gasteiger charge is 1.63. The number of allylic oxidation sites excluding steroid dienone is 2. The lowest BCUT2D eigenvalue weighted by atomic mass is 10.6. The molecule has 5 heavy (non-hydrogen) atoms. The molecule has 0 bridgehead atoms. The smallest absolute Gasteiger partial charge is 0.0120 e. The molecular formula is C4H6Br. The summed E-state index contributed by atoms with van der Waals surface area (Å²) >= 11 is 3.17. The maximum atomic E-state index is 3.48. The van der Waals surface area contributed by atoms with E-state index in [-0.39, 0.29) is 0 Å². The van der Waals surface area contributed by atoms with Crippen LogP contribution in [0.3, 0.4) is 0 Å². The molecule has 0 saturated carbocycles. The molecule has 0 heterocycles. The molecule has 1 radical (unpaired) electrons. The molecule has 0 unspecified atom stereocenters. The molecule has 0 spiro atoms. The monoisotopic (exact) mass is 133 g/mol. The first-order chi connectivity index (χ1) is 2.27. The maximum Gasteiger partial charge on any atom is -0.0120 e. The summed E-state index contributed by atoms with van der Waals surface area (Å²) in [6.07, 6.45) is 1.75. The summed E-state index contributed by atoms with van der Waals surface area (Å²) in [4.78, 5) is 0. The number of hydrogen-bond donors (Lipinski definition) is 0. The molecule has 0 aliphatic rings. The lowest BCUT2D eigenvalue weighted by Gasteiger charge is -1.70. The van der Waals surface area contributed by atoms with Crippen molar-refractivity contribution in [1.82, 2.24) is 0 Å². The van der Waals surface area contributed by atoms with Gasteiger partial charge in [0.15, 0.2) is 0 Å². The average Bonchev–Trinajstić information content (AvgIpc) is 1.38. The third-order valence-electron chi connectivity index (χ3n) is 0.281. The van der Waals surface area contributed by atoms with Crippen molar-refractivity contribution in [3.8, 4) is 0 Å². The van der Waals surface area contributed by atoms with Crippen molar-refractivity contribution >= 4 is 15.9 Å². The van der Waals surface area contributed by atoms with E-state index in [9.17, 15) is 0 Å². The van der Waals surface area contributed by atoms with E-state index in [1.165, 1.54) is 0 Å². The first-order valence-electron chi connectivity index (χ1n) is 1.39. The molecule has 0 fully saturated rings. The van der Waals surface area contributed by atoms with Gasteiger partial charge in [0.25, 0.3) is 0 Å². The van der Waals surface area contributed by atoms with Crippen LogP contribution in [0.25, 0.3) is 0 Å². The number of halogens is 1. The summed E-state index contributed by atoms with van der Waals surface area (Å²) in [5, 5.41) is 0. The Labute approximate surface area is 41.0 Å². The zero-order valence-electron chi connectivity index (χ0n) is 3.16. The second-order valence-corrected chi connectivity index (χ2v) is 2.04. The summed E-state index contributed by atoms with van der Waals surface area (Å²) < 4.78 is 1.08. The summed E-state index contributed by atoms with van der Waals surface area (Å²) in [6, 6.07) is 0. The van der Waals surface area contributed by atoms with Gasteiger partial charge in [-0.3, -0.25) is 0 Å². The van der Waals surface area contributed by atoms with E-state index in [1.54, 1.807) is 6.08 Å². The van der Waals surface area contributed by atoms with E-state index in [2.05, 4.69) is 22.9 Å². The van der Waals surface area contributed by atoms with Gasteiger partial charge in [-0.15, -0.1) is 0 Å². The minimum atomic E-state index is 1.08. The second-order valence-electron chi connectivity index (χ2n) is 0.791. The fourth-order valence-electron chi connectivity index (χ4n) is 0. The second kappa shape index (κ2) is 2.46. The third kappa shape index (κ3) is 4.22. The molecule has 0 rings (SSSR count). The van der Waals surface area contributed by atoms with Gasteiger partial charge >= 0.3 is 0 Å². The van der Waals surface area contributed by atoms with Crippen molar-refractivity contribution in [3.05, 3.63) is 17.5 Å². The zero-order chi connectivity index (χ0) is 4.28.